The van der Waals surface area contributed by atoms with E-state index in [0.29, 0.717) is 11.6 Å². The van der Waals surface area contributed by atoms with E-state index in [-0.39, 0.29) is 32.0 Å². The van der Waals surface area contributed by atoms with Crippen LogP contribution in [0.25, 0.3) is 0 Å². The summed E-state index contributed by atoms with van der Waals surface area (Å²) in [6.45, 7) is 1.99. The molecular weight excluding hydrogens is 412 g/mol. The number of nitrogens with zero attached hydrogens (tertiary/aromatic N) is 1. The predicted molar refractivity (Wildman–Crippen MR) is 109 cm³/mol. The Hall–Kier alpha value is -2.75. The molecule has 1 aliphatic rings. The summed E-state index contributed by atoms with van der Waals surface area (Å²) in [5, 5.41) is 2.43. The number of ether oxygens (including phenoxy) is 3. The molecule has 1 saturated heterocycles. The first-order valence-electron chi connectivity index (χ1n) is 9.55. The number of carbonyl (C=O) groups excluding carboxylic acids is 4. The molecule has 0 aromatic heterocycles. The fourth-order valence-corrected chi connectivity index (χ4v) is 4.00. The highest BCUT2D eigenvalue weighted by Gasteiger charge is 2.36. The molecule has 2 rings (SSSR count). The number of amides is 2. The molecule has 164 valence electrons. The van der Waals surface area contributed by atoms with Crippen LogP contribution in [0.2, 0.25) is 0 Å². The Morgan fingerprint density at radius 1 is 1.20 bits per heavy atom. The van der Waals surface area contributed by atoms with E-state index in [9.17, 15) is 19.2 Å². The van der Waals surface area contributed by atoms with Gasteiger partial charge in [-0.3, -0.25) is 4.79 Å². The molecule has 0 saturated carbocycles. The van der Waals surface area contributed by atoms with Crippen LogP contribution in [0.15, 0.2) is 30.3 Å². The van der Waals surface area contributed by atoms with Crippen molar-refractivity contribution in [1.82, 2.24) is 10.2 Å². The van der Waals surface area contributed by atoms with Crippen molar-refractivity contribution in [1.29, 1.82) is 0 Å². The maximum atomic E-state index is 12.6. The third-order valence-corrected chi connectivity index (χ3v) is 5.41. The zero-order valence-corrected chi connectivity index (χ0v) is 17.8. The number of alkyl carbamates (subject to hydrolysis) is 1. The summed E-state index contributed by atoms with van der Waals surface area (Å²) in [5.41, 5.74) is 0.800. The van der Waals surface area contributed by atoms with Gasteiger partial charge in [-0.2, -0.15) is 0 Å². The molecule has 0 bridgehead atoms. The van der Waals surface area contributed by atoms with Gasteiger partial charge in [0.05, 0.1) is 19.6 Å². The monoisotopic (exact) mass is 438 g/mol. The van der Waals surface area contributed by atoms with Gasteiger partial charge in [-0.1, -0.05) is 30.3 Å². The van der Waals surface area contributed by atoms with Crippen molar-refractivity contribution >= 4 is 35.7 Å². The second-order valence-corrected chi connectivity index (χ2v) is 7.45. The highest BCUT2D eigenvalue weighted by atomic mass is 32.2. The lowest BCUT2D eigenvalue weighted by molar-refractivity contribution is -0.152. The number of hydrogen-bond acceptors (Lipinski definition) is 8. The molecule has 9 nitrogen and oxygen atoms in total. The fourth-order valence-electron chi connectivity index (χ4n) is 2.83. The summed E-state index contributed by atoms with van der Waals surface area (Å²) in [6, 6.07) is 7.41. The molecule has 30 heavy (non-hydrogen) atoms. The Bertz CT molecular complexity index is 744. The van der Waals surface area contributed by atoms with Gasteiger partial charge in [-0.25, -0.2) is 14.4 Å². The van der Waals surface area contributed by atoms with Crippen molar-refractivity contribution in [2.45, 2.75) is 38.5 Å². The van der Waals surface area contributed by atoms with E-state index in [2.05, 4.69) is 5.32 Å². The average molecular weight is 439 g/mol. The Balaban J connectivity index is 1.88. The van der Waals surface area contributed by atoms with Crippen LogP contribution in [0.3, 0.4) is 0 Å². The van der Waals surface area contributed by atoms with Gasteiger partial charge in [0.15, 0.2) is 0 Å². The van der Waals surface area contributed by atoms with Crippen LogP contribution in [-0.2, 0) is 35.2 Å². The van der Waals surface area contributed by atoms with Gasteiger partial charge >= 0.3 is 18.0 Å². The van der Waals surface area contributed by atoms with Gasteiger partial charge in [0.2, 0.25) is 5.91 Å². The number of rotatable bonds is 9. The molecule has 1 aromatic carbocycles. The molecule has 2 atom stereocenters. The van der Waals surface area contributed by atoms with Gasteiger partial charge in [0, 0.05) is 12.2 Å². The van der Waals surface area contributed by atoms with E-state index in [0.717, 1.165) is 5.56 Å². The zero-order chi connectivity index (χ0) is 21.9. The van der Waals surface area contributed by atoms with Crippen LogP contribution in [0.1, 0.15) is 25.3 Å². The molecule has 10 heteroatoms. The normalized spacial score (nSPS) is 16.5. The van der Waals surface area contributed by atoms with Crippen LogP contribution in [-0.4, -0.2) is 66.3 Å². The smallest absolute Gasteiger partial charge is 0.408 e. The first-order chi connectivity index (χ1) is 14.5. The van der Waals surface area contributed by atoms with Crippen LogP contribution in [0, 0.1) is 0 Å². The van der Waals surface area contributed by atoms with Gasteiger partial charge in [-0.15, -0.1) is 11.8 Å². The molecule has 1 aromatic rings. The van der Waals surface area contributed by atoms with E-state index in [1.165, 1.54) is 23.8 Å². The van der Waals surface area contributed by atoms with Crippen LogP contribution in [0.4, 0.5) is 4.79 Å². The SMILES string of the molecule is CCOC(=O)C1CSCN1C(=O)CCC(NC(=O)OCc1ccccc1)C(=O)OC. The van der Waals surface area contributed by atoms with E-state index in [4.69, 9.17) is 14.2 Å². The van der Waals surface area contributed by atoms with E-state index in [1.807, 2.05) is 18.2 Å². The Morgan fingerprint density at radius 3 is 2.60 bits per heavy atom. The van der Waals surface area contributed by atoms with Crippen molar-refractivity contribution in [3.8, 4) is 0 Å². The van der Waals surface area contributed by atoms with Crippen LogP contribution >= 0.6 is 11.8 Å². The number of nitrogens with one attached hydrogen (secondary N) is 1. The number of methoxy groups -OCH3 is 1. The standard InChI is InChI=1S/C20H26N2O7S/c1-3-28-19(25)16-12-30-13-22(16)17(23)10-9-15(18(24)27-2)21-20(26)29-11-14-7-5-4-6-8-14/h4-8,15-16H,3,9-13H2,1-2H3,(H,21,26). The number of esters is 2. The molecular formula is C20H26N2O7S. The third kappa shape index (κ3) is 6.94. The fraction of sp³-hybridized carbons (Fsp3) is 0.500. The number of benzene rings is 1. The van der Waals surface area contributed by atoms with Crippen molar-refractivity contribution in [3.63, 3.8) is 0 Å². The molecule has 1 fully saturated rings. The first kappa shape index (κ1) is 23.5. The number of carbonyl (C=O) groups is 4. The van der Waals surface area contributed by atoms with Gasteiger partial charge in [0.1, 0.15) is 18.7 Å². The summed E-state index contributed by atoms with van der Waals surface area (Å²) in [7, 11) is 1.20. The van der Waals surface area contributed by atoms with Crippen molar-refractivity contribution in [3.05, 3.63) is 35.9 Å². The minimum Gasteiger partial charge on any atom is -0.467 e. The largest absolute Gasteiger partial charge is 0.467 e. The summed E-state index contributed by atoms with van der Waals surface area (Å²) in [4.78, 5) is 50.1. The van der Waals surface area contributed by atoms with Gasteiger partial charge in [-0.05, 0) is 18.9 Å². The third-order valence-electron chi connectivity index (χ3n) is 4.40. The predicted octanol–water partition coefficient (Wildman–Crippen LogP) is 1.70. The molecule has 1 aliphatic heterocycles. The maximum Gasteiger partial charge on any atom is 0.408 e. The summed E-state index contributed by atoms with van der Waals surface area (Å²) >= 11 is 1.46. The first-order valence-corrected chi connectivity index (χ1v) is 10.7. The highest BCUT2D eigenvalue weighted by molar-refractivity contribution is 7.99. The van der Waals surface area contributed by atoms with Gasteiger partial charge < -0.3 is 24.4 Å². The van der Waals surface area contributed by atoms with Crippen LogP contribution < -0.4 is 5.32 Å². The Morgan fingerprint density at radius 2 is 1.93 bits per heavy atom. The second kappa shape index (κ2) is 12.1. The minimum absolute atomic E-state index is 0.0165. The molecule has 1 N–H and O–H groups in total. The highest BCUT2D eigenvalue weighted by Crippen LogP contribution is 2.23. The summed E-state index contributed by atoms with van der Waals surface area (Å²) in [5.74, 6) is -0.584. The molecule has 2 amide bonds. The van der Waals surface area contributed by atoms with Crippen molar-refractivity contribution in [2.24, 2.45) is 0 Å². The van der Waals surface area contributed by atoms with E-state index < -0.39 is 30.1 Å². The zero-order valence-electron chi connectivity index (χ0n) is 17.0. The molecule has 1 heterocycles. The lowest BCUT2D eigenvalue weighted by Gasteiger charge is -2.23. The Labute approximate surface area is 179 Å². The number of hydrogen-bond donors (Lipinski definition) is 1. The average Bonchev–Trinajstić information content (AvgIpc) is 3.25. The van der Waals surface area contributed by atoms with E-state index >= 15 is 0 Å². The van der Waals surface area contributed by atoms with E-state index in [1.54, 1.807) is 19.1 Å². The van der Waals surface area contributed by atoms with Crippen molar-refractivity contribution in [2.75, 3.05) is 25.3 Å². The number of thioether (sulfide) groups is 1. The van der Waals surface area contributed by atoms with Crippen molar-refractivity contribution < 1.29 is 33.4 Å². The van der Waals surface area contributed by atoms with Gasteiger partial charge in [0.25, 0.3) is 0 Å². The Kier molecular flexibility index (Phi) is 9.46. The quantitative estimate of drug-likeness (QED) is 0.458. The summed E-state index contributed by atoms with van der Waals surface area (Å²) in [6.07, 6.45) is -0.819. The molecule has 0 radical (unpaired) electrons. The molecule has 0 spiro atoms. The lowest BCUT2D eigenvalue weighted by atomic mass is 10.1. The molecule has 0 aliphatic carbocycles. The topological polar surface area (TPSA) is 111 Å². The maximum absolute atomic E-state index is 12.6. The molecule has 2 unspecified atom stereocenters. The second-order valence-electron chi connectivity index (χ2n) is 6.45. The minimum atomic E-state index is -1.04. The summed E-state index contributed by atoms with van der Waals surface area (Å²) < 4.78 is 14.8. The van der Waals surface area contributed by atoms with Crippen LogP contribution in [0.5, 0.6) is 0 Å². The lowest BCUT2D eigenvalue weighted by Crippen LogP contribution is -2.45.